The molecular weight excluding hydrogens is 165 g/mol. The van der Waals surface area contributed by atoms with Crippen molar-refractivity contribution in [3.63, 3.8) is 0 Å². The summed E-state index contributed by atoms with van der Waals surface area (Å²) in [6.07, 6.45) is 0. The Morgan fingerprint density at radius 2 is 1.62 bits per heavy atom. The molecule has 0 radical (unpaired) electrons. The van der Waals surface area contributed by atoms with Crippen molar-refractivity contribution in [2.75, 3.05) is 0 Å². The maximum atomic E-state index is 12.6. The Bertz CT molecular complexity index is 253. The van der Waals surface area contributed by atoms with Crippen molar-refractivity contribution in [3.05, 3.63) is 35.6 Å². The van der Waals surface area contributed by atoms with E-state index in [1.165, 1.54) is 12.1 Å². The quantitative estimate of drug-likeness (QED) is 0.756. The van der Waals surface area contributed by atoms with Gasteiger partial charge in [0.15, 0.2) is 0 Å². The molecule has 0 bridgehead atoms. The summed E-state index contributed by atoms with van der Waals surface area (Å²) in [5.74, 6) is -0.180. The summed E-state index contributed by atoms with van der Waals surface area (Å²) in [6, 6.07) is 7.34. The molecule has 0 spiro atoms. The molecule has 0 aliphatic rings. The van der Waals surface area contributed by atoms with E-state index in [4.69, 9.17) is 0 Å². The van der Waals surface area contributed by atoms with Crippen LogP contribution < -0.4 is 5.32 Å². The highest BCUT2D eigenvalue weighted by atomic mass is 19.1. The summed E-state index contributed by atoms with van der Waals surface area (Å²) in [5, 5.41) is 3.36. The summed E-state index contributed by atoms with van der Waals surface area (Å²) < 4.78 is 12.6. The van der Waals surface area contributed by atoms with E-state index in [9.17, 15) is 4.39 Å². The lowest BCUT2D eigenvalue weighted by Crippen LogP contribution is -2.25. The molecule has 2 heteroatoms. The van der Waals surface area contributed by atoms with Crippen molar-refractivity contribution in [3.8, 4) is 0 Å². The first-order valence-electron chi connectivity index (χ1n) is 4.61. The van der Waals surface area contributed by atoms with Gasteiger partial charge in [-0.25, -0.2) is 4.39 Å². The smallest absolute Gasteiger partial charge is 0.123 e. The van der Waals surface area contributed by atoms with Gasteiger partial charge < -0.3 is 5.32 Å². The van der Waals surface area contributed by atoms with Crippen LogP contribution in [0.15, 0.2) is 24.3 Å². The van der Waals surface area contributed by atoms with Crippen LogP contribution in [0.5, 0.6) is 0 Å². The topological polar surface area (TPSA) is 12.0 Å². The first-order valence-corrected chi connectivity index (χ1v) is 4.61. The lowest BCUT2D eigenvalue weighted by atomic mass is 10.1. The van der Waals surface area contributed by atoms with Gasteiger partial charge in [0.2, 0.25) is 0 Å². The summed E-state index contributed by atoms with van der Waals surface area (Å²) in [7, 11) is 0. The second-order valence-corrected chi connectivity index (χ2v) is 3.59. The van der Waals surface area contributed by atoms with E-state index >= 15 is 0 Å². The molecule has 1 nitrogen and oxygen atoms in total. The Kier molecular flexibility index (Phi) is 3.43. The number of benzene rings is 1. The van der Waals surface area contributed by atoms with Crippen LogP contribution >= 0.6 is 0 Å². The molecule has 0 unspecified atom stereocenters. The van der Waals surface area contributed by atoms with Gasteiger partial charge in [-0.05, 0) is 24.6 Å². The predicted molar refractivity (Wildman–Crippen MR) is 53.1 cm³/mol. The van der Waals surface area contributed by atoms with Crippen LogP contribution in [0.4, 0.5) is 4.39 Å². The number of nitrogens with one attached hydrogen (secondary N) is 1. The molecule has 13 heavy (non-hydrogen) atoms. The molecule has 1 atom stereocenters. The van der Waals surface area contributed by atoms with Gasteiger partial charge in [-0.15, -0.1) is 0 Å². The van der Waals surface area contributed by atoms with Gasteiger partial charge in [0.1, 0.15) is 5.82 Å². The highest BCUT2D eigenvalue weighted by molar-refractivity contribution is 5.19. The summed E-state index contributed by atoms with van der Waals surface area (Å²) in [5.41, 5.74) is 1.12. The standard InChI is InChI=1S/C11H16FN/c1-8(2)13-9(3)10-4-6-11(12)7-5-10/h4-9,13H,1-3H3/t9-/m0/s1. The van der Waals surface area contributed by atoms with Crippen LogP contribution in [0.3, 0.4) is 0 Å². The van der Waals surface area contributed by atoms with E-state index in [0.29, 0.717) is 6.04 Å². The Morgan fingerprint density at radius 3 is 2.08 bits per heavy atom. The minimum Gasteiger partial charge on any atom is -0.308 e. The fourth-order valence-corrected chi connectivity index (χ4v) is 1.35. The van der Waals surface area contributed by atoms with Crippen LogP contribution in [0.25, 0.3) is 0 Å². The van der Waals surface area contributed by atoms with Crippen molar-refractivity contribution in [1.82, 2.24) is 5.32 Å². The Labute approximate surface area is 79.0 Å². The molecule has 1 aromatic rings. The van der Waals surface area contributed by atoms with Gasteiger partial charge in [-0.1, -0.05) is 26.0 Å². The summed E-state index contributed by atoms with van der Waals surface area (Å²) >= 11 is 0. The lowest BCUT2D eigenvalue weighted by Gasteiger charge is -2.16. The van der Waals surface area contributed by atoms with Gasteiger partial charge in [0.25, 0.3) is 0 Å². The lowest BCUT2D eigenvalue weighted by molar-refractivity contribution is 0.505. The zero-order valence-corrected chi connectivity index (χ0v) is 8.34. The minimum atomic E-state index is -0.180. The molecule has 0 aliphatic carbocycles. The highest BCUT2D eigenvalue weighted by Gasteiger charge is 2.05. The molecule has 0 aliphatic heterocycles. The maximum absolute atomic E-state index is 12.6. The molecule has 1 aromatic carbocycles. The van der Waals surface area contributed by atoms with Gasteiger partial charge >= 0.3 is 0 Å². The first-order chi connectivity index (χ1) is 6.09. The highest BCUT2D eigenvalue weighted by Crippen LogP contribution is 2.13. The second kappa shape index (κ2) is 4.38. The van der Waals surface area contributed by atoms with E-state index in [1.807, 2.05) is 12.1 Å². The molecule has 0 heterocycles. The largest absolute Gasteiger partial charge is 0.308 e. The zero-order valence-electron chi connectivity index (χ0n) is 8.34. The molecule has 72 valence electrons. The molecule has 0 fully saturated rings. The maximum Gasteiger partial charge on any atom is 0.123 e. The average molecular weight is 181 g/mol. The van der Waals surface area contributed by atoms with Crippen molar-refractivity contribution >= 4 is 0 Å². The van der Waals surface area contributed by atoms with Gasteiger partial charge in [-0.2, -0.15) is 0 Å². The van der Waals surface area contributed by atoms with Crippen molar-refractivity contribution in [1.29, 1.82) is 0 Å². The van der Waals surface area contributed by atoms with Crippen LogP contribution in [0.2, 0.25) is 0 Å². The number of hydrogen-bond acceptors (Lipinski definition) is 1. The van der Waals surface area contributed by atoms with Gasteiger partial charge in [0.05, 0.1) is 0 Å². The first kappa shape index (κ1) is 10.2. The Balaban J connectivity index is 2.66. The average Bonchev–Trinajstić information content (AvgIpc) is 2.04. The number of halogens is 1. The minimum absolute atomic E-state index is 0.180. The van der Waals surface area contributed by atoms with E-state index in [2.05, 4.69) is 26.1 Å². The van der Waals surface area contributed by atoms with Crippen molar-refractivity contribution < 1.29 is 4.39 Å². The van der Waals surface area contributed by atoms with E-state index in [-0.39, 0.29) is 11.9 Å². The van der Waals surface area contributed by atoms with Crippen LogP contribution in [0, 0.1) is 5.82 Å². The molecule has 1 N–H and O–H groups in total. The van der Waals surface area contributed by atoms with E-state index in [0.717, 1.165) is 5.56 Å². The fourth-order valence-electron chi connectivity index (χ4n) is 1.35. The van der Waals surface area contributed by atoms with Gasteiger partial charge in [0, 0.05) is 12.1 Å². The molecule has 0 saturated heterocycles. The third-order valence-corrected chi connectivity index (χ3v) is 1.95. The normalized spacial score (nSPS) is 13.3. The molecule has 0 amide bonds. The van der Waals surface area contributed by atoms with E-state index in [1.54, 1.807) is 0 Å². The van der Waals surface area contributed by atoms with Crippen LogP contribution in [0.1, 0.15) is 32.4 Å². The molecule has 0 aromatic heterocycles. The van der Waals surface area contributed by atoms with E-state index < -0.39 is 0 Å². The van der Waals surface area contributed by atoms with Gasteiger partial charge in [-0.3, -0.25) is 0 Å². The van der Waals surface area contributed by atoms with Crippen LogP contribution in [-0.2, 0) is 0 Å². The second-order valence-electron chi connectivity index (χ2n) is 3.59. The Hall–Kier alpha value is -0.890. The molecule has 1 rings (SSSR count). The third-order valence-electron chi connectivity index (χ3n) is 1.95. The molecule has 0 saturated carbocycles. The zero-order chi connectivity index (χ0) is 9.84. The van der Waals surface area contributed by atoms with Crippen molar-refractivity contribution in [2.45, 2.75) is 32.9 Å². The SMILES string of the molecule is CC(C)N[C@@H](C)c1ccc(F)cc1. The fraction of sp³-hybridized carbons (Fsp3) is 0.455. The number of hydrogen-bond donors (Lipinski definition) is 1. The monoisotopic (exact) mass is 181 g/mol. The predicted octanol–water partition coefficient (Wildman–Crippen LogP) is 2.88. The third kappa shape index (κ3) is 3.15. The molecular formula is C11H16FN. The van der Waals surface area contributed by atoms with Crippen LogP contribution in [-0.4, -0.2) is 6.04 Å². The van der Waals surface area contributed by atoms with Crippen molar-refractivity contribution in [2.24, 2.45) is 0 Å². The summed E-state index contributed by atoms with van der Waals surface area (Å²) in [4.78, 5) is 0. The summed E-state index contributed by atoms with van der Waals surface area (Å²) in [6.45, 7) is 6.27. The Morgan fingerprint density at radius 1 is 1.08 bits per heavy atom. The number of rotatable bonds is 3.